The van der Waals surface area contributed by atoms with Gasteiger partial charge in [0.2, 0.25) is 10.0 Å². The molecule has 1 saturated carbocycles. The van der Waals surface area contributed by atoms with Crippen LogP contribution in [-0.2, 0) is 10.0 Å². The fraction of sp³-hybridized carbons (Fsp3) is 0.435. The number of hydrogen-bond acceptors (Lipinski definition) is 4. The van der Waals surface area contributed by atoms with Crippen LogP contribution in [-0.4, -0.2) is 43.9 Å². The second kappa shape index (κ2) is 7.71. The maximum Gasteiger partial charge on any atom is 0.255 e. The van der Waals surface area contributed by atoms with Gasteiger partial charge in [-0.1, -0.05) is 29.3 Å². The predicted molar refractivity (Wildman–Crippen MR) is 115 cm³/mol. The number of nitrogens with one attached hydrogen (secondary N) is 1. The van der Waals surface area contributed by atoms with Crippen molar-refractivity contribution in [3.05, 3.63) is 59.2 Å². The highest BCUT2D eigenvalue weighted by molar-refractivity contribution is 7.89. The van der Waals surface area contributed by atoms with Crippen LogP contribution in [0.1, 0.15) is 47.2 Å². The van der Waals surface area contributed by atoms with E-state index in [-0.39, 0.29) is 11.9 Å². The summed E-state index contributed by atoms with van der Waals surface area (Å²) in [7, 11) is -1.89. The van der Waals surface area contributed by atoms with Gasteiger partial charge in [0, 0.05) is 13.1 Å². The SMILES string of the molecule is Cc1ccc(S(=O)(=O)N(C)C2CCC3(CC2)CNC(=O)c2cc(C)ccc2O3)cc1. The van der Waals surface area contributed by atoms with Crippen LogP contribution in [0.25, 0.3) is 0 Å². The number of ether oxygens (including phenoxy) is 1. The zero-order chi connectivity index (χ0) is 21.5. The van der Waals surface area contributed by atoms with Crippen LogP contribution >= 0.6 is 0 Å². The molecule has 0 radical (unpaired) electrons. The first-order valence-corrected chi connectivity index (χ1v) is 11.8. The number of aryl methyl sites for hydroxylation is 2. The maximum absolute atomic E-state index is 13.0. The Hall–Kier alpha value is -2.38. The molecule has 7 heteroatoms. The fourth-order valence-corrected chi connectivity index (χ4v) is 5.78. The molecule has 1 spiro atoms. The maximum atomic E-state index is 13.0. The van der Waals surface area contributed by atoms with Crippen molar-refractivity contribution in [1.29, 1.82) is 0 Å². The molecule has 1 N–H and O–H groups in total. The summed E-state index contributed by atoms with van der Waals surface area (Å²) in [5.41, 5.74) is 2.10. The van der Waals surface area contributed by atoms with Crippen LogP contribution in [0.4, 0.5) is 0 Å². The van der Waals surface area contributed by atoms with Crippen LogP contribution in [0.15, 0.2) is 47.4 Å². The average Bonchev–Trinajstić information content (AvgIpc) is 2.86. The minimum atomic E-state index is -3.54. The molecule has 1 amide bonds. The number of benzene rings is 2. The monoisotopic (exact) mass is 428 g/mol. The third kappa shape index (κ3) is 3.84. The molecule has 0 aromatic heterocycles. The van der Waals surface area contributed by atoms with E-state index in [1.807, 2.05) is 44.2 Å². The van der Waals surface area contributed by atoms with Gasteiger partial charge in [-0.15, -0.1) is 0 Å². The lowest BCUT2D eigenvalue weighted by atomic mass is 9.82. The Morgan fingerprint density at radius 2 is 1.67 bits per heavy atom. The molecule has 30 heavy (non-hydrogen) atoms. The average molecular weight is 429 g/mol. The van der Waals surface area contributed by atoms with Crippen molar-refractivity contribution in [1.82, 2.24) is 9.62 Å². The van der Waals surface area contributed by atoms with Gasteiger partial charge in [-0.05, 0) is 63.8 Å². The van der Waals surface area contributed by atoms with E-state index in [0.717, 1.165) is 11.1 Å². The summed E-state index contributed by atoms with van der Waals surface area (Å²) in [4.78, 5) is 12.8. The number of amides is 1. The first kappa shape index (κ1) is 20.9. The Balaban J connectivity index is 1.50. The molecule has 1 aliphatic carbocycles. The minimum absolute atomic E-state index is 0.0954. The van der Waals surface area contributed by atoms with Gasteiger partial charge in [0.1, 0.15) is 11.4 Å². The molecule has 1 heterocycles. The fourth-order valence-electron chi connectivity index (χ4n) is 4.36. The summed E-state index contributed by atoms with van der Waals surface area (Å²) in [5.74, 6) is 0.487. The van der Waals surface area contributed by atoms with Gasteiger partial charge in [0.15, 0.2) is 0 Å². The molecule has 0 saturated heterocycles. The zero-order valence-electron chi connectivity index (χ0n) is 17.6. The highest BCUT2D eigenvalue weighted by Gasteiger charge is 2.42. The topological polar surface area (TPSA) is 75.7 Å². The van der Waals surface area contributed by atoms with E-state index in [4.69, 9.17) is 4.74 Å². The third-order valence-corrected chi connectivity index (χ3v) is 8.28. The standard InChI is InChI=1S/C23H28N2O4S/c1-16-4-7-19(8-5-16)30(27,28)25(3)18-10-12-23(13-11-18)15-24-22(26)20-14-17(2)6-9-21(20)29-23/h4-9,14,18H,10-13,15H2,1-3H3,(H,24,26). The van der Waals surface area contributed by atoms with E-state index in [0.29, 0.717) is 48.4 Å². The molecule has 160 valence electrons. The predicted octanol–water partition coefficient (Wildman–Crippen LogP) is 3.43. The molecule has 6 nitrogen and oxygen atoms in total. The number of sulfonamides is 1. The Morgan fingerprint density at radius 1 is 1.03 bits per heavy atom. The lowest BCUT2D eigenvalue weighted by molar-refractivity contribution is 0.0196. The van der Waals surface area contributed by atoms with Crippen LogP contribution in [0.3, 0.4) is 0 Å². The van der Waals surface area contributed by atoms with Gasteiger partial charge in [0.25, 0.3) is 5.91 Å². The summed E-state index contributed by atoms with van der Waals surface area (Å²) in [5, 5.41) is 3.00. The van der Waals surface area contributed by atoms with Crippen LogP contribution in [0.2, 0.25) is 0 Å². The largest absolute Gasteiger partial charge is 0.485 e. The van der Waals surface area contributed by atoms with Crippen molar-refractivity contribution < 1.29 is 17.9 Å². The normalized spacial score (nSPS) is 24.1. The van der Waals surface area contributed by atoms with Crippen molar-refractivity contribution in [2.24, 2.45) is 0 Å². The number of nitrogens with zero attached hydrogens (tertiary/aromatic N) is 1. The van der Waals surface area contributed by atoms with E-state index >= 15 is 0 Å². The van der Waals surface area contributed by atoms with E-state index in [1.165, 1.54) is 4.31 Å². The molecule has 0 atom stereocenters. The quantitative estimate of drug-likeness (QED) is 0.813. The highest BCUT2D eigenvalue weighted by atomic mass is 32.2. The summed E-state index contributed by atoms with van der Waals surface area (Å²) in [6, 6.07) is 12.5. The van der Waals surface area contributed by atoms with Crippen molar-refractivity contribution in [3.63, 3.8) is 0 Å². The Labute approximate surface area is 178 Å². The van der Waals surface area contributed by atoms with E-state index in [1.54, 1.807) is 19.2 Å². The van der Waals surface area contributed by atoms with Crippen molar-refractivity contribution in [2.45, 2.75) is 56.1 Å². The lowest BCUT2D eigenvalue weighted by Gasteiger charge is -2.41. The van der Waals surface area contributed by atoms with E-state index < -0.39 is 15.6 Å². The first-order chi connectivity index (χ1) is 14.2. The molecule has 0 unspecified atom stereocenters. The van der Waals surface area contributed by atoms with E-state index in [9.17, 15) is 13.2 Å². The highest BCUT2D eigenvalue weighted by Crippen LogP contribution is 2.38. The summed E-state index contributed by atoms with van der Waals surface area (Å²) >= 11 is 0. The van der Waals surface area contributed by atoms with Gasteiger partial charge >= 0.3 is 0 Å². The Morgan fingerprint density at radius 3 is 2.33 bits per heavy atom. The van der Waals surface area contributed by atoms with Crippen molar-refractivity contribution in [2.75, 3.05) is 13.6 Å². The molecule has 1 fully saturated rings. The molecular formula is C23H28N2O4S. The molecule has 1 aliphatic heterocycles. The smallest absolute Gasteiger partial charge is 0.255 e. The lowest BCUT2D eigenvalue weighted by Crippen LogP contribution is -2.51. The molecule has 2 aromatic rings. The second-order valence-electron chi connectivity index (χ2n) is 8.53. The number of carbonyl (C=O) groups excluding carboxylic acids is 1. The van der Waals surface area contributed by atoms with Gasteiger partial charge < -0.3 is 10.1 Å². The molecular weight excluding hydrogens is 400 g/mol. The van der Waals surface area contributed by atoms with Crippen LogP contribution in [0, 0.1) is 13.8 Å². The van der Waals surface area contributed by atoms with E-state index in [2.05, 4.69) is 5.32 Å². The molecule has 4 rings (SSSR count). The Bertz CT molecular complexity index is 1060. The number of hydrogen-bond donors (Lipinski definition) is 1. The molecule has 0 bridgehead atoms. The summed E-state index contributed by atoms with van der Waals surface area (Å²) in [6.07, 6.45) is 2.72. The van der Waals surface area contributed by atoms with Crippen LogP contribution in [0.5, 0.6) is 5.75 Å². The first-order valence-electron chi connectivity index (χ1n) is 10.3. The summed E-state index contributed by atoms with van der Waals surface area (Å²) < 4.78 is 34.0. The molecule has 2 aromatic carbocycles. The van der Waals surface area contributed by atoms with Crippen LogP contribution < -0.4 is 10.1 Å². The third-order valence-electron chi connectivity index (χ3n) is 6.36. The number of carbonyl (C=O) groups is 1. The van der Waals surface area contributed by atoms with Gasteiger partial charge in [-0.3, -0.25) is 4.79 Å². The Kier molecular flexibility index (Phi) is 5.36. The number of fused-ring (bicyclic) bond motifs is 1. The zero-order valence-corrected chi connectivity index (χ0v) is 18.5. The minimum Gasteiger partial charge on any atom is -0.485 e. The number of rotatable bonds is 3. The van der Waals surface area contributed by atoms with Gasteiger partial charge in [-0.2, -0.15) is 4.31 Å². The molecule has 2 aliphatic rings. The van der Waals surface area contributed by atoms with Crippen molar-refractivity contribution in [3.8, 4) is 5.75 Å². The van der Waals surface area contributed by atoms with Crippen molar-refractivity contribution >= 4 is 15.9 Å². The second-order valence-corrected chi connectivity index (χ2v) is 10.5. The summed E-state index contributed by atoms with van der Waals surface area (Å²) in [6.45, 7) is 4.32. The van der Waals surface area contributed by atoms with Gasteiger partial charge in [0.05, 0.1) is 17.0 Å². The van der Waals surface area contributed by atoms with Gasteiger partial charge in [-0.25, -0.2) is 8.42 Å².